The number of amides is 2. The second-order valence-corrected chi connectivity index (χ2v) is 7.16. The highest BCUT2D eigenvalue weighted by Crippen LogP contribution is 2.21. The third-order valence-electron chi connectivity index (χ3n) is 5.08. The Hall–Kier alpha value is -2.44. The fourth-order valence-electron chi connectivity index (χ4n) is 3.54. The van der Waals surface area contributed by atoms with Crippen LogP contribution in [0.15, 0.2) is 48.5 Å². The molecule has 0 bridgehead atoms. The average molecular weight is 385 g/mol. The van der Waals surface area contributed by atoms with Gasteiger partial charge in [-0.2, -0.15) is 0 Å². The van der Waals surface area contributed by atoms with Crippen LogP contribution in [-0.4, -0.2) is 47.2 Å². The van der Waals surface area contributed by atoms with E-state index in [1.54, 1.807) is 18.2 Å². The molecular formula is C22H28FN3O2. The van der Waals surface area contributed by atoms with Crippen molar-refractivity contribution in [2.45, 2.75) is 32.4 Å². The molecule has 0 saturated carbocycles. The minimum atomic E-state index is -0.358. The summed E-state index contributed by atoms with van der Waals surface area (Å²) < 4.78 is 14.0. The van der Waals surface area contributed by atoms with Crippen LogP contribution in [0, 0.1) is 5.82 Å². The number of anilines is 1. The maximum atomic E-state index is 14.0. The Morgan fingerprint density at radius 3 is 2.43 bits per heavy atom. The lowest BCUT2D eigenvalue weighted by Crippen LogP contribution is -2.37. The van der Waals surface area contributed by atoms with E-state index in [1.807, 2.05) is 24.3 Å². The fraction of sp³-hybridized carbons (Fsp3) is 0.409. The molecule has 0 atom stereocenters. The number of aliphatic hydroxyl groups excluding tert-OH is 1. The van der Waals surface area contributed by atoms with Gasteiger partial charge in [-0.05, 0) is 43.6 Å². The predicted octanol–water partition coefficient (Wildman–Crippen LogP) is 3.84. The van der Waals surface area contributed by atoms with Crippen LogP contribution in [0.25, 0.3) is 0 Å². The van der Waals surface area contributed by atoms with Crippen molar-refractivity contribution in [3.63, 3.8) is 0 Å². The molecule has 0 unspecified atom stereocenters. The Labute approximate surface area is 165 Å². The Morgan fingerprint density at radius 1 is 1.04 bits per heavy atom. The molecule has 0 spiro atoms. The van der Waals surface area contributed by atoms with Gasteiger partial charge in [0.2, 0.25) is 0 Å². The summed E-state index contributed by atoms with van der Waals surface area (Å²) in [7, 11) is 0. The second kappa shape index (κ2) is 10.2. The van der Waals surface area contributed by atoms with Crippen LogP contribution >= 0.6 is 0 Å². The zero-order valence-corrected chi connectivity index (χ0v) is 16.1. The highest BCUT2D eigenvalue weighted by molar-refractivity contribution is 5.90. The van der Waals surface area contributed by atoms with Crippen LogP contribution < -0.4 is 5.32 Å². The third kappa shape index (κ3) is 5.53. The minimum Gasteiger partial charge on any atom is -0.395 e. The summed E-state index contributed by atoms with van der Waals surface area (Å²) in [6, 6.07) is 13.8. The molecule has 2 aromatic rings. The van der Waals surface area contributed by atoms with Gasteiger partial charge in [0.1, 0.15) is 5.82 Å². The molecule has 1 aliphatic heterocycles. The van der Waals surface area contributed by atoms with Crippen molar-refractivity contribution >= 4 is 11.7 Å². The van der Waals surface area contributed by atoms with Gasteiger partial charge in [-0.15, -0.1) is 0 Å². The molecule has 1 heterocycles. The van der Waals surface area contributed by atoms with Gasteiger partial charge in [0.15, 0.2) is 0 Å². The van der Waals surface area contributed by atoms with Crippen LogP contribution in [0.4, 0.5) is 14.9 Å². The number of carbonyl (C=O) groups is 1. The number of likely N-dealkylation sites (tertiary alicyclic amines) is 1. The van der Waals surface area contributed by atoms with Gasteiger partial charge in [0, 0.05) is 24.3 Å². The number of carbonyl (C=O) groups excluding carboxylic acids is 1. The maximum Gasteiger partial charge on any atom is 0.322 e. The molecule has 3 rings (SSSR count). The molecule has 5 nitrogen and oxygen atoms in total. The van der Waals surface area contributed by atoms with Gasteiger partial charge >= 0.3 is 6.03 Å². The summed E-state index contributed by atoms with van der Waals surface area (Å²) in [4.78, 5) is 16.7. The molecule has 150 valence electrons. The summed E-state index contributed by atoms with van der Waals surface area (Å²) >= 11 is 0. The lowest BCUT2D eigenvalue weighted by atomic mass is 10.1. The highest BCUT2D eigenvalue weighted by Gasteiger charge is 2.18. The molecule has 2 N–H and O–H groups in total. The molecule has 1 saturated heterocycles. The summed E-state index contributed by atoms with van der Waals surface area (Å²) in [6.07, 6.45) is 3.70. The molecule has 2 aromatic carbocycles. The van der Waals surface area contributed by atoms with Gasteiger partial charge in [-0.3, -0.25) is 4.90 Å². The van der Waals surface area contributed by atoms with E-state index in [0.29, 0.717) is 5.56 Å². The normalized spacial score (nSPS) is 14.6. The molecule has 6 heteroatoms. The predicted molar refractivity (Wildman–Crippen MR) is 108 cm³/mol. The van der Waals surface area contributed by atoms with E-state index in [9.17, 15) is 14.3 Å². The second-order valence-electron chi connectivity index (χ2n) is 7.16. The first-order valence-electron chi connectivity index (χ1n) is 9.88. The van der Waals surface area contributed by atoms with Gasteiger partial charge in [-0.1, -0.05) is 42.8 Å². The molecule has 2 amide bonds. The van der Waals surface area contributed by atoms with Crippen molar-refractivity contribution in [2.75, 3.05) is 31.6 Å². The molecule has 0 aliphatic carbocycles. The van der Waals surface area contributed by atoms with Crippen molar-refractivity contribution in [1.82, 2.24) is 9.80 Å². The number of rotatable bonds is 7. The number of nitrogens with zero attached hydrogens (tertiary/aromatic N) is 2. The molecule has 0 aromatic heterocycles. The van der Waals surface area contributed by atoms with Crippen molar-refractivity contribution in [2.24, 2.45) is 0 Å². The molecular weight excluding hydrogens is 357 g/mol. The highest BCUT2D eigenvalue weighted by atomic mass is 19.1. The number of hydrogen-bond donors (Lipinski definition) is 2. The average Bonchev–Trinajstić information content (AvgIpc) is 2.71. The number of benzene rings is 2. The number of aliphatic hydroxyl groups is 1. The van der Waals surface area contributed by atoms with Gasteiger partial charge in [0.25, 0.3) is 0 Å². The van der Waals surface area contributed by atoms with E-state index >= 15 is 0 Å². The van der Waals surface area contributed by atoms with E-state index < -0.39 is 0 Å². The van der Waals surface area contributed by atoms with Crippen molar-refractivity contribution in [3.05, 3.63) is 65.5 Å². The number of nitrogens with one attached hydrogen (secondary N) is 1. The van der Waals surface area contributed by atoms with Crippen LogP contribution in [0.2, 0.25) is 0 Å². The Morgan fingerprint density at radius 2 is 1.71 bits per heavy atom. The summed E-state index contributed by atoms with van der Waals surface area (Å²) in [5.74, 6) is -0.358. The van der Waals surface area contributed by atoms with Gasteiger partial charge in [-0.25, -0.2) is 9.18 Å². The van der Waals surface area contributed by atoms with Crippen LogP contribution in [0.3, 0.4) is 0 Å². The smallest absolute Gasteiger partial charge is 0.322 e. The standard InChI is InChI=1S/C22H28FN3O2/c23-20-10-4-2-8-18(20)17-26(14-15-27)22(28)24-21-11-5-3-9-19(21)16-25-12-6-1-7-13-25/h2-5,8-11,27H,1,6-7,12-17H2,(H,24,28). The number of hydrogen-bond acceptors (Lipinski definition) is 3. The van der Waals surface area contributed by atoms with Crippen molar-refractivity contribution in [3.8, 4) is 0 Å². The number of urea groups is 1. The minimum absolute atomic E-state index is 0.105. The SMILES string of the molecule is O=C(Nc1ccccc1CN1CCCCC1)N(CCO)Cc1ccccc1F. The lowest BCUT2D eigenvalue weighted by Gasteiger charge is -2.28. The van der Waals surface area contributed by atoms with Crippen LogP contribution in [0.1, 0.15) is 30.4 Å². The monoisotopic (exact) mass is 385 g/mol. The van der Waals surface area contributed by atoms with E-state index in [4.69, 9.17) is 0 Å². The van der Waals surface area contributed by atoms with E-state index in [0.717, 1.165) is 30.9 Å². The molecule has 1 fully saturated rings. The maximum absolute atomic E-state index is 14.0. The van der Waals surface area contributed by atoms with E-state index in [2.05, 4.69) is 10.2 Å². The first-order valence-corrected chi connectivity index (χ1v) is 9.88. The van der Waals surface area contributed by atoms with Crippen molar-refractivity contribution < 1.29 is 14.3 Å². The van der Waals surface area contributed by atoms with Gasteiger partial charge < -0.3 is 15.3 Å². The Bertz CT molecular complexity index is 778. The van der Waals surface area contributed by atoms with Crippen LogP contribution in [-0.2, 0) is 13.1 Å². The summed E-state index contributed by atoms with van der Waals surface area (Å²) in [6.45, 7) is 3.00. The zero-order valence-electron chi connectivity index (χ0n) is 16.1. The first-order chi connectivity index (χ1) is 13.7. The lowest BCUT2D eigenvalue weighted by molar-refractivity contribution is 0.184. The van der Waals surface area contributed by atoms with Crippen LogP contribution in [0.5, 0.6) is 0 Å². The molecule has 1 aliphatic rings. The number of halogens is 1. The first kappa shape index (κ1) is 20.3. The Kier molecular flexibility index (Phi) is 7.39. The number of para-hydroxylation sites is 1. The summed E-state index contributed by atoms with van der Waals surface area (Å²) in [5, 5.41) is 12.3. The van der Waals surface area contributed by atoms with Crippen molar-refractivity contribution in [1.29, 1.82) is 0 Å². The van der Waals surface area contributed by atoms with E-state index in [-0.39, 0.29) is 31.5 Å². The fourth-order valence-corrected chi connectivity index (χ4v) is 3.54. The van der Waals surface area contributed by atoms with E-state index in [1.165, 1.54) is 30.2 Å². The zero-order chi connectivity index (χ0) is 19.8. The quantitative estimate of drug-likeness (QED) is 0.761. The third-order valence-corrected chi connectivity index (χ3v) is 5.08. The molecule has 28 heavy (non-hydrogen) atoms. The topological polar surface area (TPSA) is 55.8 Å². The Balaban J connectivity index is 1.70. The summed E-state index contributed by atoms with van der Waals surface area (Å²) in [5.41, 5.74) is 2.25. The largest absolute Gasteiger partial charge is 0.395 e. The number of piperidine rings is 1. The van der Waals surface area contributed by atoms with Gasteiger partial charge in [0.05, 0.1) is 13.2 Å². The molecule has 0 radical (unpaired) electrons.